The van der Waals surface area contributed by atoms with E-state index < -0.39 is 17.9 Å². The van der Waals surface area contributed by atoms with Crippen LogP contribution in [0.15, 0.2) is 60.0 Å². The number of benzene rings is 2. The number of fused-ring (bicyclic) bond motifs is 1. The molecule has 0 spiro atoms. The van der Waals surface area contributed by atoms with Gasteiger partial charge in [0.1, 0.15) is 5.82 Å². The molecule has 3 heterocycles. The van der Waals surface area contributed by atoms with Crippen molar-refractivity contribution < 1.29 is 18.8 Å². The van der Waals surface area contributed by atoms with Crippen LogP contribution in [0, 0.1) is 12.7 Å². The highest BCUT2D eigenvalue weighted by atomic mass is 35.5. The molecule has 4 aromatic rings. The van der Waals surface area contributed by atoms with Crippen LogP contribution >= 0.6 is 22.9 Å². The minimum absolute atomic E-state index is 0.0237. The summed E-state index contributed by atoms with van der Waals surface area (Å²) in [5.41, 5.74) is 3.88. The zero-order valence-corrected chi connectivity index (χ0v) is 21.6. The first kappa shape index (κ1) is 24.9. The molecule has 0 saturated carbocycles. The van der Waals surface area contributed by atoms with Gasteiger partial charge < -0.3 is 5.32 Å². The first-order valence-corrected chi connectivity index (χ1v) is 12.8. The maximum Gasteiger partial charge on any atom is 0.261 e. The average molecular weight is 537 g/mol. The Labute approximate surface area is 221 Å². The third kappa shape index (κ3) is 4.80. The van der Waals surface area contributed by atoms with Crippen molar-refractivity contribution in [3.63, 3.8) is 0 Å². The Balaban J connectivity index is 1.39. The van der Waals surface area contributed by atoms with E-state index in [-0.39, 0.29) is 18.3 Å². The van der Waals surface area contributed by atoms with Gasteiger partial charge in [0.15, 0.2) is 5.15 Å². The Kier molecular flexibility index (Phi) is 6.66. The minimum Gasteiger partial charge on any atom is -0.346 e. The molecule has 2 aromatic heterocycles. The highest BCUT2D eigenvalue weighted by Crippen LogP contribution is 2.31. The van der Waals surface area contributed by atoms with Gasteiger partial charge in [-0.15, -0.1) is 11.3 Å². The van der Waals surface area contributed by atoms with E-state index >= 15 is 0 Å². The van der Waals surface area contributed by atoms with Gasteiger partial charge in [-0.25, -0.2) is 4.39 Å². The molecule has 5 rings (SSSR count). The van der Waals surface area contributed by atoms with Crippen LogP contribution in [0.5, 0.6) is 0 Å². The van der Waals surface area contributed by atoms with Crippen molar-refractivity contribution in [3.05, 3.63) is 98.1 Å². The number of rotatable bonds is 7. The van der Waals surface area contributed by atoms with Gasteiger partial charge >= 0.3 is 0 Å². The second-order valence-corrected chi connectivity index (χ2v) is 10.1. The van der Waals surface area contributed by atoms with Crippen molar-refractivity contribution in [2.45, 2.75) is 19.4 Å². The van der Waals surface area contributed by atoms with Crippen molar-refractivity contribution in [1.82, 2.24) is 20.0 Å². The lowest BCUT2D eigenvalue weighted by Gasteiger charge is -2.24. The highest BCUT2D eigenvalue weighted by Gasteiger charge is 2.36. The van der Waals surface area contributed by atoms with E-state index in [1.807, 2.05) is 12.3 Å². The number of carbonyl (C=O) groups excluding carboxylic acids is 3. The predicted molar refractivity (Wildman–Crippen MR) is 139 cm³/mol. The first-order valence-electron chi connectivity index (χ1n) is 11.5. The molecule has 188 valence electrons. The van der Waals surface area contributed by atoms with Crippen LogP contribution in [-0.2, 0) is 13.5 Å². The summed E-state index contributed by atoms with van der Waals surface area (Å²) in [6.07, 6.45) is 0.300. The summed E-state index contributed by atoms with van der Waals surface area (Å²) < 4.78 is 15.1. The number of carbonyl (C=O) groups is 3. The lowest BCUT2D eigenvalue weighted by molar-refractivity contribution is 0.0629. The SMILES string of the molecule is Cc1c(Cl)nn(C)c1-c1csc(C(=O)N[C@@H](Cc2ccc(F)cc2)CN2C(=O)c3ccccc3C2=O)c1. The molecule has 1 atom stereocenters. The normalized spacial score (nSPS) is 13.7. The zero-order chi connectivity index (χ0) is 26.3. The van der Waals surface area contributed by atoms with Crippen LogP contribution in [-0.4, -0.2) is 45.0 Å². The average Bonchev–Trinajstić information content (AvgIpc) is 3.52. The second-order valence-electron chi connectivity index (χ2n) is 8.86. The van der Waals surface area contributed by atoms with Gasteiger partial charge in [0.05, 0.1) is 27.7 Å². The highest BCUT2D eigenvalue weighted by molar-refractivity contribution is 7.12. The summed E-state index contributed by atoms with van der Waals surface area (Å²) in [6.45, 7) is 1.84. The van der Waals surface area contributed by atoms with Crippen LogP contribution in [0.1, 0.15) is 41.5 Å². The van der Waals surface area contributed by atoms with Crippen LogP contribution in [0.3, 0.4) is 0 Å². The molecule has 0 aliphatic carbocycles. The van der Waals surface area contributed by atoms with Gasteiger partial charge in [0.2, 0.25) is 0 Å². The molecule has 0 radical (unpaired) electrons. The minimum atomic E-state index is -0.599. The number of hydrogen-bond acceptors (Lipinski definition) is 5. The zero-order valence-electron chi connectivity index (χ0n) is 20.0. The summed E-state index contributed by atoms with van der Waals surface area (Å²) in [7, 11) is 1.78. The van der Waals surface area contributed by atoms with E-state index in [9.17, 15) is 18.8 Å². The fourth-order valence-electron chi connectivity index (χ4n) is 4.53. The first-order chi connectivity index (χ1) is 17.7. The lowest BCUT2D eigenvalue weighted by atomic mass is 10.0. The van der Waals surface area contributed by atoms with Gasteiger partial charge in [0.25, 0.3) is 17.7 Å². The van der Waals surface area contributed by atoms with Crippen molar-refractivity contribution in [3.8, 4) is 11.3 Å². The fourth-order valence-corrected chi connectivity index (χ4v) is 5.53. The molecular weight excluding hydrogens is 515 g/mol. The summed E-state index contributed by atoms with van der Waals surface area (Å²) in [6, 6.07) is 13.7. The molecule has 3 amide bonds. The second kappa shape index (κ2) is 9.91. The Morgan fingerprint density at radius 3 is 2.35 bits per heavy atom. The van der Waals surface area contributed by atoms with E-state index in [1.54, 1.807) is 54.2 Å². The molecule has 0 saturated heterocycles. The Morgan fingerprint density at radius 2 is 1.76 bits per heavy atom. The Morgan fingerprint density at radius 1 is 1.11 bits per heavy atom. The number of aromatic nitrogens is 2. The predicted octanol–water partition coefficient (Wildman–Crippen LogP) is 4.89. The maximum atomic E-state index is 13.5. The smallest absolute Gasteiger partial charge is 0.261 e. The molecular formula is C27H22ClFN4O3S. The van der Waals surface area contributed by atoms with Crippen molar-refractivity contribution in [2.24, 2.45) is 7.05 Å². The molecule has 1 N–H and O–H groups in total. The number of nitrogens with zero attached hydrogens (tertiary/aromatic N) is 3. The van der Waals surface area contributed by atoms with E-state index in [0.717, 1.165) is 27.3 Å². The van der Waals surface area contributed by atoms with E-state index in [0.29, 0.717) is 27.6 Å². The molecule has 10 heteroatoms. The quantitative estimate of drug-likeness (QED) is 0.341. The van der Waals surface area contributed by atoms with Crippen molar-refractivity contribution in [2.75, 3.05) is 6.54 Å². The molecule has 1 aliphatic heterocycles. The molecule has 0 fully saturated rings. The number of hydrogen-bond donors (Lipinski definition) is 1. The molecule has 37 heavy (non-hydrogen) atoms. The van der Waals surface area contributed by atoms with E-state index in [2.05, 4.69) is 10.4 Å². The Bertz CT molecular complexity index is 1490. The molecule has 0 unspecified atom stereocenters. The number of aryl methyl sites for hydroxylation is 1. The van der Waals surface area contributed by atoms with E-state index in [1.165, 1.54) is 23.5 Å². The van der Waals surface area contributed by atoms with Gasteiger partial charge in [-0.05, 0) is 49.2 Å². The largest absolute Gasteiger partial charge is 0.346 e. The number of thiophene rings is 1. The van der Waals surface area contributed by atoms with Crippen molar-refractivity contribution in [1.29, 1.82) is 0 Å². The van der Waals surface area contributed by atoms with Gasteiger partial charge in [-0.1, -0.05) is 35.9 Å². The summed E-state index contributed by atoms with van der Waals surface area (Å²) in [5.74, 6) is -1.52. The molecule has 0 bridgehead atoms. The number of amides is 3. The Hall–Kier alpha value is -3.82. The number of imide groups is 1. The van der Waals surface area contributed by atoms with Crippen molar-refractivity contribution >= 4 is 40.7 Å². The van der Waals surface area contributed by atoms with Crippen LogP contribution in [0.4, 0.5) is 4.39 Å². The standard InChI is InChI=1S/C27H22ClFN4O3S/c1-15-23(32(2)31-24(15)28)17-12-22(37-14-17)25(34)30-19(11-16-7-9-18(29)10-8-16)13-33-26(35)20-5-3-4-6-21(20)27(33)36/h3-10,12,14,19H,11,13H2,1-2H3,(H,30,34)/t19-/m0/s1. The van der Waals surface area contributed by atoms with Gasteiger partial charge in [0, 0.05) is 30.1 Å². The van der Waals surface area contributed by atoms with Gasteiger partial charge in [-0.2, -0.15) is 5.10 Å². The lowest BCUT2D eigenvalue weighted by Crippen LogP contribution is -2.46. The van der Waals surface area contributed by atoms with Crippen LogP contribution in [0.2, 0.25) is 5.15 Å². The third-order valence-electron chi connectivity index (χ3n) is 6.33. The summed E-state index contributed by atoms with van der Waals surface area (Å²) >= 11 is 7.43. The maximum absolute atomic E-state index is 13.5. The molecule has 7 nitrogen and oxygen atoms in total. The molecule has 1 aliphatic rings. The third-order valence-corrected chi connectivity index (χ3v) is 7.62. The summed E-state index contributed by atoms with van der Waals surface area (Å²) in [5, 5.41) is 9.45. The number of nitrogens with one attached hydrogen (secondary N) is 1. The van der Waals surface area contributed by atoms with Crippen LogP contribution < -0.4 is 5.32 Å². The fraction of sp³-hybridized carbons (Fsp3) is 0.185. The monoisotopic (exact) mass is 536 g/mol. The van der Waals surface area contributed by atoms with Gasteiger partial charge in [-0.3, -0.25) is 24.0 Å². The molecule has 2 aromatic carbocycles. The number of halogens is 2. The van der Waals surface area contributed by atoms with Crippen LogP contribution in [0.25, 0.3) is 11.3 Å². The topological polar surface area (TPSA) is 84.3 Å². The van der Waals surface area contributed by atoms with E-state index in [4.69, 9.17) is 11.6 Å². The summed E-state index contributed by atoms with van der Waals surface area (Å²) in [4.78, 5) is 40.8.